The molecule has 5 aliphatic rings. The quantitative estimate of drug-likeness (QED) is 0.361. The smallest absolute Gasteiger partial charge is 0.312 e. The first-order valence-corrected chi connectivity index (χ1v) is 11.7. The molecule has 7 heteroatoms. The molecule has 172 valence electrons. The number of esters is 1. The Balaban J connectivity index is 1.27. The van der Waals surface area contributed by atoms with Crippen LogP contribution in [-0.4, -0.2) is 17.7 Å². The molecule has 1 aliphatic heterocycles. The van der Waals surface area contributed by atoms with Gasteiger partial charge >= 0.3 is 5.97 Å². The Hall–Kier alpha value is -2.93. The molecule has 0 saturated heterocycles. The van der Waals surface area contributed by atoms with Crippen molar-refractivity contribution in [3.05, 3.63) is 69.3 Å². The van der Waals surface area contributed by atoms with Crippen molar-refractivity contribution in [3.8, 4) is 5.75 Å². The molecule has 0 aromatic heterocycles. The first-order chi connectivity index (χ1) is 16.0. The molecule has 4 saturated carbocycles. The van der Waals surface area contributed by atoms with Crippen LogP contribution >= 0.6 is 0 Å². The molecule has 4 fully saturated rings. The lowest BCUT2D eigenvalue weighted by atomic mass is 9.43. The molecule has 7 rings (SSSR count). The van der Waals surface area contributed by atoms with Crippen LogP contribution in [0.2, 0.25) is 0 Å². The van der Waals surface area contributed by atoms with Crippen LogP contribution < -0.4 is 4.74 Å². The number of fused-ring (bicyclic) bond motifs is 1. The van der Waals surface area contributed by atoms with E-state index in [-0.39, 0.29) is 37.1 Å². The second-order valence-corrected chi connectivity index (χ2v) is 10.4. The van der Waals surface area contributed by atoms with Gasteiger partial charge in [0.05, 0.1) is 16.9 Å². The summed E-state index contributed by atoms with van der Waals surface area (Å²) in [5.74, 6) is 1.46. The minimum absolute atomic E-state index is 0.0295. The van der Waals surface area contributed by atoms with Crippen molar-refractivity contribution in [1.29, 1.82) is 0 Å². The largest absolute Gasteiger partial charge is 0.467 e. The number of non-ortho nitro benzene ring substituents is 1. The molecule has 7 nitrogen and oxygen atoms in total. The molecule has 0 amide bonds. The molecule has 4 bridgehead atoms. The summed E-state index contributed by atoms with van der Waals surface area (Å²) in [6.45, 7) is 0.293. The molecule has 4 atom stereocenters. The standard InChI is InChI=1S/C26H27NO6/c28-24(32-14-20-8-22(27(29)30)7-19-13-31-16-33-23(19)20)26-11-17-6-18(12-26)10-25(9-17,15-26)21-4-2-1-3-5-21/h1-5,7-8,17-18H,6,9-16H2/t17-,18+,25?,26?. The fourth-order valence-corrected chi connectivity index (χ4v) is 7.42. The SMILES string of the molecule is O=C(OCc1cc([N+](=O)[O-])cc2c1OCOC2)C12C[C@H]3C[C@@H](C1)CC(c1ccccc1)(C3)C2. The number of rotatable bonds is 5. The number of nitrogens with zero attached hydrogens (tertiary/aromatic N) is 1. The van der Waals surface area contributed by atoms with Gasteiger partial charge in [0.2, 0.25) is 0 Å². The Morgan fingerprint density at radius 1 is 1.12 bits per heavy atom. The van der Waals surface area contributed by atoms with Gasteiger partial charge in [-0.1, -0.05) is 30.3 Å². The number of carbonyl (C=O) groups is 1. The summed E-state index contributed by atoms with van der Waals surface area (Å²) in [6, 6.07) is 13.6. The molecule has 1 heterocycles. The first-order valence-electron chi connectivity index (χ1n) is 11.7. The Kier molecular flexibility index (Phi) is 4.73. The molecule has 0 spiro atoms. The second-order valence-electron chi connectivity index (χ2n) is 10.4. The number of benzene rings is 2. The average Bonchev–Trinajstić information content (AvgIpc) is 2.82. The molecule has 4 aliphatic carbocycles. The highest BCUT2D eigenvalue weighted by atomic mass is 16.7. The number of hydrogen-bond acceptors (Lipinski definition) is 6. The molecular formula is C26H27NO6. The summed E-state index contributed by atoms with van der Waals surface area (Å²) < 4.78 is 16.8. The maximum Gasteiger partial charge on any atom is 0.312 e. The lowest BCUT2D eigenvalue weighted by Gasteiger charge is -2.61. The van der Waals surface area contributed by atoms with E-state index in [0.29, 0.717) is 28.7 Å². The van der Waals surface area contributed by atoms with Gasteiger partial charge in [0.15, 0.2) is 6.79 Å². The van der Waals surface area contributed by atoms with Gasteiger partial charge in [-0.3, -0.25) is 14.9 Å². The monoisotopic (exact) mass is 449 g/mol. The van der Waals surface area contributed by atoms with Crippen molar-refractivity contribution >= 4 is 11.7 Å². The lowest BCUT2D eigenvalue weighted by molar-refractivity contribution is -0.385. The van der Waals surface area contributed by atoms with E-state index in [1.807, 2.05) is 6.07 Å². The zero-order valence-corrected chi connectivity index (χ0v) is 18.5. The van der Waals surface area contributed by atoms with Crippen LogP contribution in [-0.2, 0) is 32.9 Å². The molecule has 2 aromatic carbocycles. The fraction of sp³-hybridized carbons (Fsp3) is 0.500. The van der Waals surface area contributed by atoms with Crippen LogP contribution in [0.1, 0.15) is 55.2 Å². The van der Waals surface area contributed by atoms with E-state index < -0.39 is 10.3 Å². The van der Waals surface area contributed by atoms with Gasteiger partial charge in [0.25, 0.3) is 5.69 Å². The number of carbonyl (C=O) groups excluding carboxylic acids is 1. The Labute approximate surface area is 192 Å². The van der Waals surface area contributed by atoms with Gasteiger partial charge in [-0.2, -0.15) is 0 Å². The topological polar surface area (TPSA) is 87.9 Å². The maximum absolute atomic E-state index is 13.6. The minimum Gasteiger partial charge on any atom is -0.467 e. The summed E-state index contributed by atoms with van der Waals surface area (Å²) in [7, 11) is 0. The van der Waals surface area contributed by atoms with Gasteiger partial charge in [-0.05, 0) is 61.3 Å². The van der Waals surface area contributed by atoms with E-state index in [4.69, 9.17) is 14.2 Å². The lowest BCUT2D eigenvalue weighted by Crippen LogP contribution is -2.57. The van der Waals surface area contributed by atoms with E-state index in [2.05, 4.69) is 24.3 Å². The van der Waals surface area contributed by atoms with E-state index in [9.17, 15) is 14.9 Å². The highest BCUT2D eigenvalue weighted by molar-refractivity contribution is 5.78. The van der Waals surface area contributed by atoms with Crippen LogP contribution in [0, 0.1) is 27.4 Å². The zero-order valence-electron chi connectivity index (χ0n) is 18.5. The van der Waals surface area contributed by atoms with E-state index >= 15 is 0 Å². The summed E-state index contributed by atoms with van der Waals surface area (Å²) in [6.07, 6.45) is 6.09. The third-order valence-electron chi connectivity index (χ3n) is 8.22. The van der Waals surface area contributed by atoms with Crippen LogP contribution in [0.25, 0.3) is 0 Å². The minimum atomic E-state index is -0.468. The van der Waals surface area contributed by atoms with Crippen molar-refractivity contribution < 1.29 is 23.9 Å². The normalized spacial score (nSPS) is 31.5. The molecule has 2 aromatic rings. The molecule has 2 unspecified atom stereocenters. The third kappa shape index (κ3) is 3.41. The average molecular weight is 450 g/mol. The van der Waals surface area contributed by atoms with Gasteiger partial charge in [-0.15, -0.1) is 0 Å². The van der Waals surface area contributed by atoms with E-state index in [1.54, 1.807) is 0 Å². The highest BCUT2D eigenvalue weighted by Crippen LogP contribution is 2.66. The predicted molar refractivity (Wildman–Crippen MR) is 118 cm³/mol. The van der Waals surface area contributed by atoms with Crippen LogP contribution in [0.4, 0.5) is 5.69 Å². The summed E-state index contributed by atoms with van der Waals surface area (Å²) >= 11 is 0. The molecular weight excluding hydrogens is 422 g/mol. The van der Waals surface area contributed by atoms with Gasteiger partial charge in [0, 0.05) is 23.3 Å². The third-order valence-corrected chi connectivity index (χ3v) is 8.22. The Morgan fingerprint density at radius 2 is 1.88 bits per heavy atom. The fourth-order valence-electron chi connectivity index (χ4n) is 7.42. The van der Waals surface area contributed by atoms with Gasteiger partial charge in [-0.25, -0.2) is 0 Å². The maximum atomic E-state index is 13.6. The van der Waals surface area contributed by atoms with E-state index in [0.717, 1.165) is 32.1 Å². The second kappa shape index (κ2) is 7.55. The van der Waals surface area contributed by atoms with Gasteiger partial charge in [0.1, 0.15) is 12.4 Å². The number of ether oxygens (including phenoxy) is 3. The summed E-state index contributed by atoms with van der Waals surface area (Å²) in [5.41, 5.74) is 2.02. The van der Waals surface area contributed by atoms with Crippen molar-refractivity contribution in [1.82, 2.24) is 0 Å². The molecule has 0 radical (unpaired) electrons. The van der Waals surface area contributed by atoms with Crippen molar-refractivity contribution in [3.63, 3.8) is 0 Å². The van der Waals surface area contributed by atoms with Crippen LogP contribution in [0.15, 0.2) is 42.5 Å². The van der Waals surface area contributed by atoms with Crippen molar-refractivity contribution in [2.45, 2.75) is 57.2 Å². The first kappa shape index (κ1) is 20.7. The molecule has 0 N–H and O–H groups in total. The number of hydrogen-bond donors (Lipinski definition) is 0. The summed E-state index contributed by atoms with van der Waals surface area (Å²) in [4.78, 5) is 24.6. The van der Waals surface area contributed by atoms with Crippen molar-refractivity contribution in [2.75, 3.05) is 6.79 Å². The predicted octanol–water partition coefficient (Wildman–Crippen LogP) is 5.04. The van der Waals surface area contributed by atoms with Gasteiger partial charge < -0.3 is 14.2 Å². The van der Waals surface area contributed by atoms with Crippen LogP contribution in [0.3, 0.4) is 0 Å². The Bertz CT molecular complexity index is 1100. The molecule has 33 heavy (non-hydrogen) atoms. The van der Waals surface area contributed by atoms with Crippen molar-refractivity contribution in [2.24, 2.45) is 17.3 Å². The number of nitro groups is 1. The number of nitro benzene ring substituents is 1. The zero-order chi connectivity index (χ0) is 22.6. The Morgan fingerprint density at radius 3 is 2.61 bits per heavy atom. The van der Waals surface area contributed by atoms with E-state index in [1.165, 1.54) is 24.1 Å². The van der Waals surface area contributed by atoms with Crippen LogP contribution in [0.5, 0.6) is 5.75 Å². The highest BCUT2D eigenvalue weighted by Gasteiger charge is 2.61. The summed E-state index contributed by atoms with van der Waals surface area (Å²) in [5, 5.41) is 11.4.